The van der Waals surface area contributed by atoms with Crippen LogP contribution < -0.4 is 9.47 Å². The Bertz CT molecular complexity index is 627. The maximum absolute atomic E-state index is 11.1. The van der Waals surface area contributed by atoms with Crippen molar-refractivity contribution in [2.75, 3.05) is 13.7 Å². The van der Waals surface area contributed by atoms with Crippen LogP contribution in [0.25, 0.3) is 0 Å². The largest absolute Gasteiger partial charge is 0.497 e. The van der Waals surface area contributed by atoms with Crippen LogP contribution in [0, 0.1) is 0 Å². The lowest BCUT2D eigenvalue weighted by Crippen LogP contribution is -2.22. The van der Waals surface area contributed by atoms with Gasteiger partial charge in [0.1, 0.15) is 23.8 Å². The minimum Gasteiger partial charge on any atom is -0.497 e. The summed E-state index contributed by atoms with van der Waals surface area (Å²) in [4.78, 5) is 11.1. The molecule has 1 aromatic heterocycles. The Labute approximate surface area is 130 Å². The Balaban J connectivity index is 2.02. The quantitative estimate of drug-likeness (QED) is 0.767. The van der Waals surface area contributed by atoms with Crippen molar-refractivity contribution >= 4 is 6.29 Å². The van der Waals surface area contributed by atoms with E-state index in [-0.39, 0.29) is 5.41 Å². The topological polar surface area (TPSA) is 66.2 Å². The van der Waals surface area contributed by atoms with Gasteiger partial charge in [0, 0.05) is 5.41 Å². The molecule has 22 heavy (non-hydrogen) atoms. The molecule has 0 N–H and O–H groups in total. The van der Waals surface area contributed by atoms with Gasteiger partial charge in [-0.15, -0.1) is 5.10 Å². The molecule has 6 heteroatoms. The number of nitrogens with zero attached hydrogens (tertiary/aromatic N) is 3. The van der Waals surface area contributed by atoms with E-state index in [2.05, 4.69) is 10.3 Å². The average Bonchev–Trinajstić information content (AvgIpc) is 2.91. The standard InChI is InChI=1S/C16H21N3O3/c1-16(2,3)15-14(11-20)17-18-19(15)9-10-22-13-7-5-12(21-4)6-8-13/h5-8,11H,9-10H2,1-4H3. The Morgan fingerprint density at radius 2 is 1.82 bits per heavy atom. The maximum Gasteiger partial charge on any atom is 0.172 e. The molecule has 0 radical (unpaired) electrons. The van der Waals surface area contributed by atoms with Crippen LogP contribution in [0.2, 0.25) is 0 Å². The molecule has 0 amide bonds. The second-order valence-electron chi connectivity index (χ2n) is 5.94. The van der Waals surface area contributed by atoms with Crippen molar-refractivity contribution in [2.24, 2.45) is 0 Å². The SMILES string of the molecule is COc1ccc(OCCn2nnc(C=O)c2C(C)(C)C)cc1. The van der Waals surface area contributed by atoms with Crippen molar-refractivity contribution < 1.29 is 14.3 Å². The van der Waals surface area contributed by atoms with E-state index in [1.54, 1.807) is 11.8 Å². The van der Waals surface area contributed by atoms with Crippen molar-refractivity contribution in [3.05, 3.63) is 35.7 Å². The highest BCUT2D eigenvalue weighted by molar-refractivity contribution is 5.73. The summed E-state index contributed by atoms with van der Waals surface area (Å²) >= 11 is 0. The Hall–Kier alpha value is -2.37. The first-order valence-electron chi connectivity index (χ1n) is 7.11. The molecule has 1 heterocycles. The number of carbonyl (C=O) groups excluding carboxylic acids is 1. The Morgan fingerprint density at radius 3 is 2.36 bits per heavy atom. The number of ether oxygens (including phenoxy) is 2. The lowest BCUT2D eigenvalue weighted by atomic mass is 9.90. The van der Waals surface area contributed by atoms with Gasteiger partial charge >= 0.3 is 0 Å². The summed E-state index contributed by atoms with van der Waals surface area (Å²) < 4.78 is 12.5. The number of benzene rings is 1. The van der Waals surface area contributed by atoms with Crippen LogP contribution in [0.1, 0.15) is 37.0 Å². The molecule has 0 aliphatic carbocycles. The number of hydrogen-bond acceptors (Lipinski definition) is 5. The molecule has 118 valence electrons. The summed E-state index contributed by atoms with van der Waals surface area (Å²) in [5, 5.41) is 7.97. The van der Waals surface area contributed by atoms with Crippen molar-refractivity contribution in [1.82, 2.24) is 15.0 Å². The highest BCUT2D eigenvalue weighted by Gasteiger charge is 2.24. The summed E-state index contributed by atoms with van der Waals surface area (Å²) in [7, 11) is 1.62. The van der Waals surface area contributed by atoms with Crippen molar-refractivity contribution in [1.29, 1.82) is 0 Å². The third kappa shape index (κ3) is 3.63. The summed E-state index contributed by atoms with van der Waals surface area (Å²) in [6.07, 6.45) is 0.744. The third-order valence-electron chi connectivity index (χ3n) is 3.21. The second-order valence-corrected chi connectivity index (χ2v) is 5.94. The van der Waals surface area contributed by atoms with E-state index in [1.807, 2.05) is 45.0 Å². The van der Waals surface area contributed by atoms with Gasteiger partial charge in [-0.2, -0.15) is 0 Å². The first kappa shape index (κ1) is 16.0. The fourth-order valence-electron chi connectivity index (χ4n) is 2.26. The van der Waals surface area contributed by atoms with Gasteiger partial charge in [-0.25, -0.2) is 4.68 Å². The van der Waals surface area contributed by atoms with E-state index < -0.39 is 0 Å². The van der Waals surface area contributed by atoms with Crippen LogP contribution in [-0.2, 0) is 12.0 Å². The molecular formula is C16H21N3O3. The van der Waals surface area contributed by atoms with Crippen LogP contribution in [-0.4, -0.2) is 35.0 Å². The van der Waals surface area contributed by atoms with Crippen LogP contribution >= 0.6 is 0 Å². The average molecular weight is 303 g/mol. The zero-order chi connectivity index (χ0) is 16.2. The van der Waals surface area contributed by atoms with Crippen molar-refractivity contribution in [3.63, 3.8) is 0 Å². The molecular weight excluding hydrogens is 282 g/mol. The molecule has 2 aromatic rings. The minimum absolute atomic E-state index is 0.208. The van der Waals surface area contributed by atoms with Gasteiger partial charge in [-0.1, -0.05) is 26.0 Å². The van der Waals surface area contributed by atoms with E-state index in [0.717, 1.165) is 23.5 Å². The summed E-state index contributed by atoms with van der Waals surface area (Å²) in [6.45, 7) is 7.05. The zero-order valence-electron chi connectivity index (χ0n) is 13.4. The minimum atomic E-state index is -0.208. The van der Waals surface area contributed by atoms with Crippen LogP contribution in [0.4, 0.5) is 0 Å². The molecule has 6 nitrogen and oxygen atoms in total. The van der Waals surface area contributed by atoms with E-state index >= 15 is 0 Å². The lowest BCUT2D eigenvalue weighted by molar-refractivity contribution is 0.111. The number of carbonyl (C=O) groups is 1. The van der Waals surface area contributed by atoms with Gasteiger partial charge in [0.15, 0.2) is 6.29 Å². The van der Waals surface area contributed by atoms with Crippen molar-refractivity contribution in [3.8, 4) is 11.5 Å². The van der Waals surface area contributed by atoms with E-state index in [4.69, 9.17) is 9.47 Å². The summed E-state index contributed by atoms with van der Waals surface area (Å²) in [5.74, 6) is 1.54. The molecule has 0 aliphatic rings. The Morgan fingerprint density at radius 1 is 1.18 bits per heavy atom. The van der Waals surface area contributed by atoms with E-state index in [0.29, 0.717) is 18.8 Å². The number of hydrogen-bond donors (Lipinski definition) is 0. The van der Waals surface area contributed by atoms with Gasteiger partial charge in [-0.3, -0.25) is 4.79 Å². The fourth-order valence-corrected chi connectivity index (χ4v) is 2.26. The molecule has 1 aromatic carbocycles. The normalized spacial score (nSPS) is 11.3. The second kappa shape index (κ2) is 6.60. The van der Waals surface area contributed by atoms with E-state index in [9.17, 15) is 4.79 Å². The monoisotopic (exact) mass is 303 g/mol. The molecule has 0 unspecified atom stereocenters. The smallest absolute Gasteiger partial charge is 0.172 e. The van der Waals surface area contributed by atoms with Crippen LogP contribution in [0.15, 0.2) is 24.3 Å². The van der Waals surface area contributed by atoms with Gasteiger partial charge in [0.2, 0.25) is 0 Å². The molecule has 2 rings (SSSR count). The summed E-state index contributed by atoms with van der Waals surface area (Å²) in [5.41, 5.74) is 0.998. The number of aldehydes is 1. The van der Waals surface area contributed by atoms with Gasteiger partial charge < -0.3 is 9.47 Å². The van der Waals surface area contributed by atoms with Gasteiger partial charge in [0.25, 0.3) is 0 Å². The van der Waals surface area contributed by atoms with Crippen LogP contribution in [0.3, 0.4) is 0 Å². The molecule has 0 atom stereocenters. The molecule has 0 aliphatic heterocycles. The van der Waals surface area contributed by atoms with Crippen LogP contribution in [0.5, 0.6) is 11.5 Å². The first-order chi connectivity index (χ1) is 10.5. The predicted octanol–water partition coefficient (Wildman–Crippen LogP) is 2.48. The Kier molecular flexibility index (Phi) is 4.80. The molecule has 0 fully saturated rings. The van der Waals surface area contributed by atoms with Gasteiger partial charge in [0.05, 0.1) is 19.3 Å². The maximum atomic E-state index is 11.1. The summed E-state index contributed by atoms with van der Waals surface area (Å²) in [6, 6.07) is 7.38. The third-order valence-corrected chi connectivity index (χ3v) is 3.21. The molecule has 0 saturated heterocycles. The van der Waals surface area contributed by atoms with E-state index in [1.165, 1.54) is 0 Å². The number of methoxy groups -OCH3 is 1. The fraction of sp³-hybridized carbons (Fsp3) is 0.438. The highest BCUT2D eigenvalue weighted by Crippen LogP contribution is 2.24. The highest BCUT2D eigenvalue weighted by atomic mass is 16.5. The van der Waals surface area contributed by atoms with Gasteiger partial charge in [-0.05, 0) is 24.3 Å². The zero-order valence-corrected chi connectivity index (χ0v) is 13.4. The number of rotatable bonds is 6. The molecule has 0 bridgehead atoms. The predicted molar refractivity (Wildman–Crippen MR) is 82.6 cm³/mol. The number of aromatic nitrogens is 3. The molecule has 0 spiro atoms. The lowest BCUT2D eigenvalue weighted by Gasteiger charge is -2.20. The first-order valence-corrected chi connectivity index (χ1v) is 7.11. The van der Waals surface area contributed by atoms with Crippen molar-refractivity contribution in [2.45, 2.75) is 32.7 Å². The molecule has 0 saturated carbocycles.